The van der Waals surface area contributed by atoms with Crippen LogP contribution in [0.3, 0.4) is 0 Å². The minimum atomic E-state index is -4.48. The second-order valence-corrected chi connectivity index (χ2v) is 4.97. The van der Waals surface area contributed by atoms with Crippen molar-refractivity contribution in [1.29, 1.82) is 0 Å². The average Bonchev–Trinajstić information content (AvgIpc) is 2.75. The SMILES string of the molecule is O=S(=O)(NCC(F)(F)C(F)F)c1[nH]ncc1CO. The summed E-state index contributed by atoms with van der Waals surface area (Å²) in [7, 11) is -4.47. The number of halogens is 4. The third kappa shape index (κ3) is 3.17. The van der Waals surface area contributed by atoms with Crippen molar-refractivity contribution in [3.8, 4) is 0 Å². The lowest BCUT2D eigenvalue weighted by atomic mass is 10.4. The summed E-state index contributed by atoms with van der Waals surface area (Å²) in [5.41, 5.74) is -0.164. The molecule has 0 spiro atoms. The molecule has 0 bridgehead atoms. The first kappa shape index (κ1) is 14.9. The van der Waals surface area contributed by atoms with E-state index >= 15 is 0 Å². The van der Waals surface area contributed by atoms with Crippen LogP contribution in [0.1, 0.15) is 5.56 Å². The van der Waals surface area contributed by atoms with Crippen LogP contribution in [0.25, 0.3) is 0 Å². The summed E-state index contributed by atoms with van der Waals surface area (Å²) in [4.78, 5) is 0. The molecule has 1 heterocycles. The highest BCUT2D eigenvalue weighted by Crippen LogP contribution is 2.22. The number of aromatic amines is 1. The third-order valence-corrected chi connectivity index (χ3v) is 3.35. The molecule has 0 radical (unpaired) electrons. The number of alkyl halides is 4. The normalized spacial score (nSPS) is 13.2. The number of aromatic nitrogens is 2. The molecule has 11 heteroatoms. The van der Waals surface area contributed by atoms with E-state index in [0.717, 1.165) is 6.20 Å². The van der Waals surface area contributed by atoms with Gasteiger partial charge in [0.05, 0.1) is 19.3 Å². The van der Waals surface area contributed by atoms with Crippen molar-refractivity contribution in [3.05, 3.63) is 11.8 Å². The van der Waals surface area contributed by atoms with E-state index in [1.807, 2.05) is 5.10 Å². The number of nitrogens with one attached hydrogen (secondary N) is 2. The Labute approximate surface area is 99.1 Å². The Morgan fingerprint density at radius 1 is 1.50 bits per heavy atom. The molecule has 104 valence electrons. The predicted molar refractivity (Wildman–Crippen MR) is 50.7 cm³/mol. The van der Waals surface area contributed by atoms with Gasteiger partial charge in [0, 0.05) is 5.56 Å². The number of H-pyrrole nitrogens is 1. The van der Waals surface area contributed by atoms with Crippen LogP contribution in [-0.2, 0) is 16.6 Å². The number of hydrogen-bond donors (Lipinski definition) is 3. The summed E-state index contributed by atoms with van der Waals surface area (Å²) in [5, 5.41) is 13.4. The standard InChI is InChI=1S/C7H9F4N3O3S/c8-6(9)7(10,11)3-13-18(16,17)5-4(2-15)1-12-14-5/h1,6,13,15H,2-3H2,(H,12,14). The van der Waals surface area contributed by atoms with E-state index < -0.39 is 40.5 Å². The van der Waals surface area contributed by atoms with Crippen molar-refractivity contribution >= 4 is 10.0 Å². The van der Waals surface area contributed by atoms with Gasteiger partial charge in [-0.05, 0) is 0 Å². The van der Waals surface area contributed by atoms with Crippen molar-refractivity contribution in [2.75, 3.05) is 6.54 Å². The lowest BCUT2D eigenvalue weighted by molar-refractivity contribution is -0.122. The second kappa shape index (κ2) is 5.20. The molecule has 0 amide bonds. The lowest BCUT2D eigenvalue weighted by Gasteiger charge is -2.15. The maximum Gasteiger partial charge on any atom is 0.320 e. The molecule has 1 aromatic rings. The summed E-state index contributed by atoms with van der Waals surface area (Å²) in [6.07, 6.45) is -3.01. The molecule has 1 rings (SSSR count). The fourth-order valence-electron chi connectivity index (χ4n) is 0.985. The van der Waals surface area contributed by atoms with Crippen LogP contribution < -0.4 is 4.72 Å². The minimum absolute atomic E-state index is 0.164. The van der Waals surface area contributed by atoms with E-state index in [-0.39, 0.29) is 5.56 Å². The lowest BCUT2D eigenvalue weighted by Crippen LogP contribution is -2.41. The summed E-state index contributed by atoms with van der Waals surface area (Å²) >= 11 is 0. The fraction of sp³-hybridized carbons (Fsp3) is 0.571. The monoisotopic (exact) mass is 291 g/mol. The van der Waals surface area contributed by atoms with Gasteiger partial charge in [0.15, 0.2) is 5.03 Å². The molecular weight excluding hydrogens is 282 g/mol. The first-order valence-electron chi connectivity index (χ1n) is 4.49. The summed E-state index contributed by atoms with van der Waals surface area (Å²) in [6.45, 7) is -2.45. The zero-order valence-corrected chi connectivity index (χ0v) is 9.52. The first-order valence-corrected chi connectivity index (χ1v) is 5.98. The van der Waals surface area contributed by atoms with Crippen molar-refractivity contribution in [1.82, 2.24) is 14.9 Å². The fourth-order valence-corrected chi connectivity index (χ4v) is 2.15. The predicted octanol–water partition coefficient (Wildman–Crippen LogP) is 0.0807. The van der Waals surface area contributed by atoms with Crippen molar-refractivity contribution in [2.45, 2.75) is 24.0 Å². The van der Waals surface area contributed by atoms with E-state index in [4.69, 9.17) is 5.11 Å². The van der Waals surface area contributed by atoms with Crippen LogP contribution in [0.15, 0.2) is 11.2 Å². The molecule has 3 N–H and O–H groups in total. The van der Waals surface area contributed by atoms with E-state index in [1.54, 1.807) is 0 Å². The highest BCUT2D eigenvalue weighted by molar-refractivity contribution is 7.89. The van der Waals surface area contributed by atoms with E-state index in [0.29, 0.717) is 0 Å². The molecule has 0 aromatic carbocycles. The number of aliphatic hydroxyl groups is 1. The van der Waals surface area contributed by atoms with Crippen LogP contribution >= 0.6 is 0 Å². The van der Waals surface area contributed by atoms with Gasteiger partial charge < -0.3 is 5.11 Å². The molecule has 0 unspecified atom stereocenters. The Kier molecular flexibility index (Phi) is 4.29. The Morgan fingerprint density at radius 2 is 2.11 bits per heavy atom. The van der Waals surface area contributed by atoms with Crippen LogP contribution in [0, 0.1) is 0 Å². The van der Waals surface area contributed by atoms with Gasteiger partial charge in [-0.2, -0.15) is 13.9 Å². The minimum Gasteiger partial charge on any atom is -0.392 e. The molecule has 18 heavy (non-hydrogen) atoms. The quantitative estimate of drug-likeness (QED) is 0.647. The summed E-state index contributed by atoms with van der Waals surface area (Å²) in [6, 6.07) is 0. The number of rotatable bonds is 6. The Bertz CT molecular complexity index is 502. The molecule has 0 aliphatic heterocycles. The Hall–Kier alpha value is -1.20. The second-order valence-electron chi connectivity index (χ2n) is 3.27. The van der Waals surface area contributed by atoms with Crippen molar-refractivity contribution < 1.29 is 31.1 Å². The van der Waals surface area contributed by atoms with Crippen LogP contribution in [0.4, 0.5) is 17.6 Å². The zero-order valence-electron chi connectivity index (χ0n) is 8.70. The van der Waals surface area contributed by atoms with E-state index in [1.165, 1.54) is 4.72 Å². The molecule has 0 aliphatic carbocycles. The Morgan fingerprint density at radius 3 is 2.61 bits per heavy atom. The molecule has 0 fully saturated rings. The Balaban J connectivity index is 2.84. The van der Waals surface area contributed by atoms with Gasteiger partial charge in [-0.1, -0.05) is 0 Å². The molecule has 0 aliphatic rings. The molecule has 0 saturated carbocycles. The van der Waals surface area contributed by atoms with Gasteiger partial charge >= 0.3 is 12.3 Å². The van der Waals surface area contributed by atoms with Gasteiger partial charge in [0.25, 0.3) is 10.0 Å². The smallest absolute Gasteiger partial charge is 0.320 e. The number of aliphatic hydroxyl groups excluding tert-OH is 1. The van der Waals surface area contributed by atoms with Crippen LogP contribution in [0.5, 0.6) is 0 Å². The van der Waals surface area contributed by atoms with E-state index in [9.17, 15) is 26.0 Å². The van der Waals surface area contributed by atoms with Gasteiger partial charge in [0.1, 0.15) is 0 Å². The summed E-state index contributed by atoms with van der Waals surface area (Å²) in [5.74, 6) is -4.48. The van der Waals surface area contributed by atoms with Gasteiger partial charge in [-0.3, -0.25) is 5.10 Å². The van der Waals surface area contributed by atoms with Crippen LogP contribution in [0.2, 0.25) is 0 Å². The van der Waals surface area contributed by atoms with Crippen LogP contribution in [-0.4, -0.2) is 42.6 Å². The number of sulfonamides is 1. The number of hydrogen-bond acceptors (Lipinski definition) is 4. The maximum absolute atomic E-state index is 12.5. The molecule has 1 aromatic heterocycles. The molecular formula is C7H9F4N3O3S. The highest BCUT2D eigenvalue weighted by atomic mass is 32.2. The average molecular weight is 291 g/mol. The topological polar surface area (TPSA) is 95.1 Å². The van der Waals surface area contributed by atoms with Crippen molar-refractivity contribution in [2.24, 2.45) is 0 Å². The largest absolute Gasteiger partial charge is 0.392 e. The zero-order chi connectivity index (χ0) is 14.0. The van der Waals surface area contributed by atoms with Gasteiger partial charge in [0.2, 0.25) is 0 Å². The molecule has 0 atom stereocenters. The van der Waals surface area contributed by atoms with E-state index in [2.05, 4.69) is 5.10 Å². The third-order valence-electron chi connectivity index (χ3n) is 1.93. The van der Waals surface area contributed by atoms with Crippen molar-refractivity contribution in [3.63, 3.8) is 0 Å². The van der Waals surface area contributed by atoms with Gasteiger partial charge in [-0.25, -0.2) is 21.9 Å². The molecule has 6 nitrogen and oxygen atoms in total. The maximum atomic E-state index is 12.5. The highest BCUT2D eigenvalue weighted by Gasteiger charge is 2.41. The summed E-state index contributed by atoms with van der Waals surface area (Å²) < 4.78 is 73.0. The van der Waals surface area contributed by atoms with Gasteiger partial charge in [-0.15, -0.1) is 0 Å². The first-order chi connectivity index (χ1) is 8.20. The molecule has 0 saturated heterocycles. The number of nitrogens with zero attached hydrogens (tertiary/aromatic N) is 1.